The van der Waals surface area contributed by atoms with Crippen LogP contribution >= 0.6 is 0 Å². The molecule has 0 aromatic heterocycles. The van der Waals surface area contributed by atoms with Gasteiger partial charge in [-0.2, -0.15) is 0 Å². The lowest BCUT2D eigenvalue weighted by atomic mass is 9.80. The third-order valence-electron chi connectivity index (χ3n) is 7.38. The number of carbonyl (C=O) groups excluding carboxylic acids is 1. The molecule has 3 atom stereocenters. The third kappa shape index (κ3) is 4.97. The van der Waals surface area contributed by atoms with Crippen LogP contribution in [0, 0.1) is 0 Å². The van der Waals surface area contributed by atoms with E-state index < -0.39 is 0 Å². The number of nitrogens with zero attached hydrogens (tertiary/aromatic N) is 1. The number of amides is 1. The number of ether oxygens (including phenoxy) is 1. The van der Waals surface area contributed by atoms with Crippen LogP contribution in [-0.2, 0) is 4.74 Å². The molecule has 4 heteroatoms. The van der Waals surface area contributed by atoms with Gasteiger partial charge < -0.3 is 15.0 Å². The van der Waals surface area contributed by atoms with Gasteiger partial charge in [-0.3, -0.25) is 4.79 Å². The van der Waals surface area contributed by atoms with Crippen molar-refractivity contribution in [2.45, 2.75) is 50.6 Å². The Morgan fingerprint density at radius 1 is 0.970 bits per heavy atom. The van der Waals surface area contributed by atoms with Gasteiger partial charge in [-0.05, 0) is 66.1 Å². The highest BCUT2D eigenvalue weighted by Gasteiger charge is 2.25. The van der Waals surface area contributed by atoms with E-state index in [4.69, 9.17) is 4.74 Å². The van der Waals surface area contributed by atoms with Crippen LogP contribution in [0.5, 0.6) is 0 Å². The molecule has 0 bridgehead atoms. The minimum Gasteiger partial charge on any atom is -0.378 e. The van der Waals surface area contributed by atoms with Gasteiger partial charge in [-0.25, -0.2) is 0 Å². The van der Waals surface area contributed by atoms with Crippen molar-refractivity contribution in [3.05, 3.63) is 83.4 Å². The molecule has 1 heterocycles. The second-order valence-electron chi connectivity index (χ2n) is 9.54. The number of fused-ring (bicyclic) bond motifs is 1. The minimum absolute atomic E-state index is 0.122. The summed E-state index contributed by atoms with van der Waals surface area (Å²) in [6.45, 7) is 4.93. The van der Waals surface area contributed by atoms with E-state index in [-0.39, 0.29) is 5.91 Å². The largest absolute Gasteiger partial charge is 0.378 e. The van der Waals surface area contributed by atoms with Crippen LogP contribution in [0.3, 0.4) is 0 Å². The van der Waals surface area contributed by atoms with Crippen molar-refractivity contribution < 1.29 is 9.53 Å². The third-order valence-corrected chi connectivity index (χ3v) is 7.38. The summed E-state index contributed by atoms with van der Waals surface area (Å²) in [5.41, 5.74) is 3.52. The fourth-order valence-electron chi connectivity index (χ4n) is 5.56. The summed E-state index contributed by atoms with van der Waals surface area (Å²) in [5, 5.41) is 6.57. The minimum atomic E-state index is 0.122. The maximum atomic E-state index is 12.7. The summed E-state index contributed by atoms with van der Waals surface area (Å²) in [6, 6.07) is 24.5. The predicted molar refractivity (Wildman–Crippen MR) is 134 cm³/mol. The Bertz CT molecular complexity index is 1080. The Morgan fingerprint density at radius 3 is 2.55 bits per heavy atom. The quantitative estimate of drug-likeness (QED) is 0.552. The van der Waals surface area contributed by atoms with Gasteiger partial charge in [0.05, 0.1) is 13.2 Å². The van der Waals surface area contributed by atoms with Crippen LogP contribution < -0.4 is 5.32 Å². The summed E-state index contributed by atoms with van der Waals surface area (Å²) >= 11 is 0. The second-order valence-corrected chi connectivity index (χ2v) is 9.54. The maximum absolute atomic E-state index is 12.7. The van der Waals surface area contributed by atoms with Crippen molar-refractivity contribution in [1.29, 1.82) is 0 Å². The molecule has 5 rings (SSSR count). The highest BCUT2D eigenvalue weighted by atomic mass is 16.5. The summed E-state index contributed by atoms with van der Waals surface area (Å²) in [6.07, 6.45) is 4.82. The SMILES string of the molecule is C[C@@H](NC1CCCC(c2ccc(C(=O)N3CCOCC3)cc2)C1)c1cccc2ccccc12. The topological polar surface area (TPSA) is 41.6 Å². The highest BCUT2D eigenvalue weighted by Crippen LogP contribution is 2.34. The number of carbonyl (C=O) groups is 1. The van der Waals surface area contributed by atoms with Crippen molar-refractivity contribution in [3.63, 3.8) is 0 Å². The first kappa shape index (κ1) is 22.1. The molecule has 1 N–H and O–H groups in total. The van der Waals surface area contributed by atoms with E-state index in [1.165, 1.54) is 41.2 Å². The molecule has 172 valence electrons. The van der Waals surface area contributed by atoms with Gasteiger partial charge in [0, 0.05) is 30.7 Å². The summed E-state index contributed by atoms with van der Waals surface area (Å²) in [4.78, 5) is 14.6. The summed E-state index contributed by atoms with van der Waals surface area (Å²) in [5.74, 6) is 0.667. The van der Waals surface area contributed by atoms with E-state index in [2.05, 4.69) is 66.8 Å². The van der Waals surface area contributed by atoms with Crippen LogP contribution in [0.1, 0.15) is 66.1 Å². The lowest BCUT2D eigenvalue weighted by Crippen LogP contribution is -2.40. The Labute approximate surface area is 196 Å². The van der Waals surface area contributed by atoms with Gasteiger partial charge in [0.2, 0.25) is 0 Å². The van der Waals surface area contributed by atoms with Crippen molar-refractivity contribution in [2.24, 2.45) is 0 Å². The molecule has 2 unspecified atom stereocenters. The molecular formula is C29H34N2O2. The molecule has 1 aliphatic heterocycles. The lowest BCUT2D eigenvalue weighted by Gasteiger charge is -2.33. The average Bonchev–Trinajstić information content (AvgIpc) is 2.88. The van der Waals surface area contributed by atoms with Crippen molar-refractivity contribution in [1.82, 2.24) is 10.2 Å². The number of nitrogens with one attached hydrogen (secondary N) is 1. The van der Waals surface area contributed by atoms with Crippen LogP contribution in [0.15, 0.2) is 66.7 Å². The predicted octanol–water partition coefficient (Wildman–Crippen LogP) is 5.69. The highest BCUT2D eigenvalue weighted by molar-refractivity contribution is 5.94. The van der Waals surface area contributed by atoms with Crippen LogP contribution in [0.4, 0.5) is 0 Å². The van der Waals surface area contributed by atoms with Crippen LogP contribution in [0.2, 0.25) is 0 Å². The summed E-state index contributed by atoms with van der Waals surface area (Å²) < 4.78 is 5.37. The van der Waals surface area contributed by atoms with Gasteiger partial charge in [0.15, 0.2) is 0 Å². The summed E-state index contributed by atoms with van der Waals surface area (Å²) in [7, 11) is 0. The molecule has 1 amide bonds. The van der Waals surface area contributed by atoms with Crippen molar-refractivity contribution >= 4 is 16.7 Å². The van der Waals surface area contributed by atoms with Gasteiger partial charge in [0.25, 0.3) is 5.91 Å². The zero-order valence-electron chi connectivity index (χ0n) is 19.5. The Hall–Kier alpha value is -2.69. The Morgan fingerprint density at radius 2 is 1.73 bits per heavy atom. The van der Waals surface area contributed by atoms with Crippen LogP contribution in [-0.4, -0.2) is 43.2 Å². The van der Waals surface area contributed by atoms with Gasteiger partial charge in [0.1, 0.15) is 0 Å². The molecule has 2 fully saturated rings. The average molecular weight is 443 g/mol. The number of hydrogen-bond donors (Lipinski definition) is 1. The smallest absolute Gasteiger partial charge is 0.254 e. The molecule has 1 saturated carbocycles. The van der Waals surface area contributed by atoms with Gasteiger partial charge >= 0.3 is 0 Å². The molecular weight excluding hydrogens is 408 g/mol. The van der Waals surface area contributed by atoms with Crippen molar-refractivity contribution in [2.75, 3.05) is 26.3 Å². The van der Waals surface area contributed by atoms with E-state index >= 15 is 0 Å². The second kappa shape index (κ2) is 10.1. The van der Waals surface area contributed by atoms with E-state index in [0.29, 0.717) is 44.3 Å². The normalized spacial score (nSPS) is 22.3. The molecule has 33 heavy (non-hydrogen) atoms. The molecule has 2 aliphatic rings. The zero-order chi connectivity index (χ0) is 22.6. The number of rotatable bonds is 5. The van der Waals surface area contributed by atoms with Gasteiger partial charge in [-0.15, -0.1) is 0 Å². The standard InChI is InChI=1S/C29H34N2O2/c1-21(27-11-5-7-23-6-2-3-10-28(23)27)30-26-9-4-8-25(20-26)22-12-14-24(15-13-22)29(32)31-16-18-33-19-17-31/h2-3,5-7,10-15,21,25-26,30H,4,8-9,16-20H2,1H3/t21-,25?,26?/m1/s1. The monoisotopic (exact) mass is 442 g/mol. The van der Waals surface area contributed by atoms with Gasteiger partial charge in [-0.1, -0.05) is 61.0 Å². The first-order valence-corrected chi connectivity index (χ1v) is 12.4. The molecule has 1 saturated heterocycles. The Balaban J connectivity index is 1.23. The van der Waals surface area contributed by atoms with Crippen LogP contribution in [0.25, 0.3) is 10.8 Å². The molecule has 0 spiro atoms. The number of benzene rings is 3. The zero-order valence-corrected chi connectivity index (χ0v) is 19.5. The fraction of sp³-hybridized carbons (Fsp3) is 0.414. The molecule has 0 radical (unpaired) electrons. The van der Waals surface area contributed by atoms with E-state index in [0.717, 1.165) is 12.0 Å². The molecule has 3 aromatic rings. The first-order valence-electron chi connectivity index (χ1n) is 12.4. The number of hydrogen-bond acceptors (Lipinski definition) is 3. The molecule has 4 nitrogen and oxygen atoms in total. The Kier molecular flexibility index (Phi) is 6.75. The maximum Gasteiger partial charge on any atom is 0.254 e. The number of morpholine rings is 1. The first-order chi connectivity index (χ1) is 16.2. The van der Waals surface area contributed by atoms with E-state index in [1.807, 2.05) is 17.0 Å². The molecule has 1 aliphatic carbocycles. The molecule has 3 aromatic carbocycles. The van der Waals surface area contributed by atoms with E-state index in [9.17, 15) is 4.79 Å². The van der Waals surface area contributed by atoms with Crippen molar-refractivity contribution in [3.8, 4) is 0 Å². The lowest BCUT2D eigenvalue weighted by molar-refractivity contribution is 0.0303. The fourth-order valence-corrected chi connectivity index (χ4v) is 5.56. The van der Waals surface area contributed by atoms with E-state index in [1.54, 1.807) is 0 Å².